The van der Waals surface area contributed by atoms with E-state index in [9.17, 15) is 8.78 Å². The summed E-state index contributed by atoms with van der Waals surface area (Å²) in [6, 6.07) is 1.94. The standard InChI is InChI=1S/C22H34F2N6O/c1-14(21(23)24)29-7-9-30(10-8-29)19-12-18(25-13-26-19)20-16-11-15(31-22(2)5-6-22)3-4-17(16)27-28-20/h12-17,20-21,27-28H,3-11H2,1-2H3. The van der Waals surface area contributed by atoms with Gasteiger partial charge in [-0.2, -0.15) is 0 Å². The van der Waals surface area contributed by atoms with Gasteiger partial charge in [0.05, 0.1) is 29.5 Å². The van der Waals surface area contributed by atoms with Gasteiger partial charge in [-0.05, 0) is 46.0 Å². The van der Waals surface area contributed by atoms with Gasteiger partial charge < -0.3 is 9.64 Å². The molecular formula is C22H34F2N6O. The van der Waals surface area contributed by atoms with Gasteiger partial charge in [0, 0.05) is 44.2 Å². The molecule has 3 heterocycles. The molecule has 0 radical (unpaired) electrons. The number of alkyl halides is 2. The third-order valence-electron chi connectivity index (χ3n) is 7.68. The third kappa shape index (κ3) is 4.55. The summed E-state index contributed by atoms with van der Waals surface area (Å²) < 4.78 is 32.4. The Morgan fingerprint density at radius 1 is 1.13 bits per heavy atom. The van der Waals surface area contributed by atoms with Crippen molar-refractivity contribution in [2.24, 2.45) is 5.92 Å². The van der Waals surface area contributed by atoms with Gasteiger partial charge in [-0.1, -0.05) is 0 Å². The van der Waals surface area contributed by atoms with Crippen molar-refractivity contribution >= 4 is 5.82 Å². The van der Waals surface area contributed by atoms with Gasteiger partial charge in [-0.15, -0.1) is 0 Å². The highest BCUT2D eigenvalue weighted by Gasteiger charge is 2.46. The first-order valence-electron chi connectivity index (χ1n) is 11.7. The fraction of sp³-hybridized carbons (Fsp3) is 0.818. The van der Waals surface area contributed by atoms with E-state index in [4.69, 9.17) is 4.74 Å². The maximum atomic E-state index is 13.0. The second-order valence-electron chi connectivity index (χ2n) is 9.94. The van der Waals surface area contributed by atoms with E-state index in [1.165, 1.54) is 12.8 Å². The SMILES string of the molecule is CC(C(F)F)N1CCN(c2cc(C3NNC4CCC(OC5(C)CC5)CC43)ncn2)CC1. The van der Waals surface area contributed by atoms with Crippen LogP contribution in [0.5, 0.6) is 0 Å². The molecule has 1 aromatic heterocycles. The molecule has 2 saturated heterocycles. The van der Waals surface area contributed by atoms with Crippen molar-refractivity contribution in [1.82, 2.24) is 25.7 Å². The van der Waals surface area contributed by atoms with Crippen molar-refractivity contribution in [3.63, 3.8) is 0 Å². The van der Waals surface area contributed by atoms with Crippen LogP contribution in [0.4, 0.5) is 14.6 Å². The number of fused-ring (bicyclic) bond motifs is 1. The molecule has 5 rings (SSSR count). The van der Waals surface area contributed by atoms with Crippen molar-refractivity contribution in [2.75, 3.05) is 31.1 Å². The minimum atomic E-state index is -2.31. The van der Waals surface area contributed by atoms with Gasteiger partial charge in [-0.3, -0.25) is 10.3 Å². The highest BCUT2D eigenvalue weighted by atomic mass is 19.3. The first kappa shape index (κ1) is 21.4. The normalized spacial score (nSPS) is 34.0. The summed E-state index contributed by atoms with van der Waals surface area (Å²) in [6.07, 6.45) is 5.25. The Kier molecular flexibility index (Phi) is 5.87. The van der Waals surface area contributed by atoms with E-state index in [-0.39, 0.29) is 11.6 Å². The van der Waals surface area contributed by atoms with Gasteiger partial charge in [-0.25, -0.2) is 24.2 Å². The molecular weight excluding hydrogens is 402 g/mol. The van der Waals surface area contributed by atoms with E-state index in [1.54, 1.807) is 13.3 Å². The van der Waals surface area contributed by atoms with Crippen molar-refractivity contribution in [3.8, 4) is 0 Å². The number of piperazine rings is 1. The average Bonchev–Trinajstić information content (AvgIpc) is 3.35. The molecule has 2 aliphatic heterocycles. The number of nitrogens with zero attached hydrogens (tertiary/aromatic N) is 4. The van der Waals surface area contributed by atoms with E-state index in [0.29, 0.717) is 44.2 Å². The lowest BCUT2D eigenvalue weighted by Gasteiger charge is -2.38. The Bertz CT molecular complexity index is 770. The first-order valence-corrected chi connectivity index (χ1v) is 11.7. The zero-order chi connectivity index (χ0) is 21.6. The third-order valence-corrected chi connectivity index (χ3v) is 7.68. The molecule has 4 aliphatic rings. The molecule has 0 spiro atoms. The zero-order valence-corrected chi connectivity index (χ0v) is 18.4. The summed E-state index contributed by atoms with van der Waals surface area (Å²) >= 11 is 0. The van der Waals surface area contributed by atoms with Crippen LogP contribution in [-0.4, -0.2) is 71.3 Å². The number of rotatable bonds is 6. The van der Waals surface area contributed by atoms with Crippen molar-refractivity contribution in [1.29, 1.82) is 0 Å². The molecule has 172 valence electrons. The van der Waals surface area contributed by atoms with Crippen LogP contribution < -0.4 is 15.8 Å². The van der Waals surface area contributed by atoms with Gasteiger partial charge in [0.2, 0.25) is 0 Å². The number of halogens is 2. The number of hydrogen-bond donors (Lipinski definition) is 2. The quantitative estimate of drug-likeness (QED) is 0.710. The molecule has 2 aliphatic carbocycles. The highest BCUT2D eigenvalue weighted by molar-refractivity contribution is 5.40. The molecule has 2 saturated carbocycles. The fourth-order valence-corrected chi connectivity index (χ4v) is 5.34. The van der Waals surface area contributed by atoms with E-state index >= 15 is 0 Å². The van der Waals surface area contributed by atoms with Crippen LogP contribution in [-0.2, 0) is 4.74 Å². The second-order valence-corrected chi connectivity index (χ2v) is 9.94. The maximum absolute atomic E-state index is 13.0. The molecule has 4 fully saturated rings. The molecule has 7 nitrogen and oxygen atoms in total. The van der Waals surface area contributed by atoms with Crippen LogP contribution in [0.3, 0.4) is 0 Å². The summed E-state index contributed by atoms with van der Waals surface area (Å²) in [5.41, 5.74) is 8.05. The Hall–Kier alpha value is -1.42. The van der Waals surface area contributed by atoms with Crippen LogP contribution >= 0.6 is 0 Å². The second kappa shape index (κ2) is 8.50. The van der Waals surface area contributed by atoms with Gasteiger partial charge in [0.1, 0.15) is 12.1 Å². The van der Waals surface area contributed by atoms with Crippen LogP contribution in [0.1, 0.15) is 57.7 Å². The molecule has 0 aromatic carbocycles. The largest absolute Gasteiger partial charge is 0.372 e. The molecule has 0 amide bonds. The van der Waals surface area contributed by atoms with Crippen LogP contribution in [0.25, 0.3) is 0 Å². The predicted molar refractivity (Wildman–Crippen MR) is 114 cm³/mol. The molecule has 31 heavy (non-hydrogen) atoms. The summed E-state index contributed by atoms with van der Waals surface area (Å²) in [5, 5.41) is 0. The number of hydrazine groups is 1. The van der Waals surface area contributed by atoms with Crippen molar-refractivity contribution < 1.29 is 13.5 Å². The number of nitrogens with one attached hydrogen (secondary N) is 2. The summed E-state index contributed by atoms with van der Waals surface area (Å²) in [4.78, 5) is 13.1. The Labute approximate surface area is 182 Å². The van der Waals surface area contributed by atoms with E-state index < -0.39 is 12.5 Å². The predicted octanol–water partition coefficient (Wildman–Crippen LogP) is 2.51. The van der Waals surface area contributed by atoms with E-state index in [2.05, 4.69) is 38.7 Å². The lowest BCUT2D eigenvalue weighted by Crippen LogP contribution is -2.51. The first-order chi connectivity index (χ1) is 14.9. The van der Waals surface area contributed by atoms with Gasteiger partial charge in [0.15, 0.2) is 0 Å². The minimum absolute atomic E-state index is 0.110. The minimum Gasteiger partial charge on any atom is -0.372 e. The number of anilines is 1. The Morgan fingerprint density at radius 2 is 1.90 bits per heavy atom. The molecule has 9 heteroatoms. The molecule has 0 bridgehead atoms. The monoisotopic (exact) mass is 436 g/mol. The summed E-state index contributed by atoms with van der Waals surface area (Å²) in [7, 11) is 0. The lowest BCUT2D eigenvalue weighted by atomic mass is 9.79. The zero-order valence-electron chi connectivity index (χ0n) is 18.4. The van der Waals surface area contributed by atoms with Gasteiger partial charge in [0.25, 0.3) is 6.43 Å². The Morgan fingerprint density at radius 3 is 2.61 bits per heavy atom. The summed E-state index contributed by atoms with van der Waals surface area (Å²) in [6.45, 7) is 6.46. The maximum Gasteiger partial charge on any atom is 0.253 e. The number of aromatic nitrogens is 2. The molecule has 2 N–H and O–H groups in total. The van der Waals surface area contributed by atoms with Crippen LogP contribution in [0, 0.1) is 5.92 Å². The number of ether oxygens (including phenoxy) is 1. The van der Waals surface area contributed by atoms with Gasteiger partial charge >= 0.3 is 0 Å². The van der Waals surface area contributed by atoms with E-state index in [1.807, 2.05) is 4.90 Å². The van der Waals surface area contributed by atoms with Crippen LogP contribution in [0.15, 0.2) is 12.4 Å². The van der Waals surface area contributed by atoms with E-state index in [0.717, 1.165) is 30.8 Å². The Balaban J connectivity index is 1.24. The van der Waals surface area contributed by atoms with Crippen LogP contribution in [0.2, 0.25) is 0 Å². The smallest absolute Gasteiger partial charge is 0.253 e. The molecule has 5 unspecified atom stereocenters. The average molecular weight is 437 g/mol. The van der Waals surface area contributed by atoms with Crippen molar-refractivity contribution in [3.05, 3.63) is 18.1 Å². The molecule has 5 atom stereocenters. The highest BCUT2D eigenvalue weighted by Crippen LogP contribution is 2.45. The number of hydrogen-bond acceptors (Lipinski definition) is 7. The topological polar surface area (TPSA) is 65.5 Å². The summed E-state index contributed by atoms with van der Waals surface area (Å²) in [5.74, 6) is 1.32. The fourth-order valence-electron chi connectivity index (χ4n) is 5.34. The molecule has 1 aromatic rings. The van der Waals surface area contributed by atoms with Crippen molar-refractivity contribution in [2.45, 2.75) is 82.2 Å². The lowest BCUT2D eigenvalue weighted by molar-refractivity contribution is -0.0500.